The summed E-state index contributed by atoms with van der Waals surface area (Å²) in [7, 11) is 0. The zero-order chi connectivity index (χ0) is 25.9. The molecular formula is C25H30F3N5O4. The highest BCUT2D eigenvalue weighted by atomic mass is 19.4. The number of hydrogen-bond acceptors (Lipinski definition) is 8. The molecule has 0 N–H and O–H groups in total. The van der Waals surface area contributed by atoms with Crippen LogP contribution in [0.5, 0.6) is 0 Å². The molecule has 9 nitrogen and oxygen atoms in total. The SMILES string of the molecule is CC1=C(C(=O)N2C[C@@H]3C[C@H]2CN3c2cc(C(F)(F)F)ncn2)C2(CCN(C3CCOCC3)CC2)OC1=O. The van der Waals surface area contributed by atoms with Crippen LogP contribution in [-0.2, 0) is 25.2 Å². The molecule has 0 radical (unpaired) electrons. The Kier molecular flexibility index (Phi) is 5.94. The van der Waals surface area contributed by atoms with Gasteiger partial charge in [-0.2, -0.15) is 13.2 Å². The molecular weight excluding hydrogens is 491 g/mol. The third-order valence-corrected chi connectivity index (χ3v) is 8.69. The average Bonchev–Trinajstić information content (AvgIpc) is 3.56. The lowest BCUT2D eigenvalue weighted by Crippen LogP contribution is -2.54. The van der Waals surface area contributed by atoms with Crippen molar-refractivity contribution in [2.75, 3.05) is 44.3 Å². The van der Waals surface area contributed by atoms with E-state index in [9.17, 15) is 22.8 Å². The van der Waals surface area contributed by atoms with Crippen molar-refractivity contribution >= 4 is 17.7 Å². The van der Waals surface area contributed by atoms with Crippen LogP contribution >= 0.6 is 0 Å². The number of piperazine rings is 1. The minimum Gasteiger partial charge on any atom is -0.450 e. The summed E-state index contributed by atoms with van der Waals surface area (Å²) in [5, 5.41) is 0. The lowest BCUT2D eigenvalue weighted by Gasteiger charge is -2.44. The molecule has 4 saturated heterocycles. The van der Waals surface area contributed by atoms with E-state index in [1.807, 2.05) is 4.90 Å². The number of halogens is 3. The second kappa shape index (κ2) is 8.93. The van der Waals surface area contributed by atoms with Crippen LogP contribution in [0.2, 0.25) is 0 Å². The van der Waals surface area contributed by atoms with Gasteiger partial charge in [-0.25, -0.2) is 14.8 Å². The third-order valence-electron chi connectivity index (χ3n) is 8.69. The van der Waals surface area contributed by atoms with E-state index in [2.05, 4.69) is 14.9 Å². The third kappa shape index (κ3) is 4.18. The summed E-state index contributed by atoms with van der Waals surface area (Å²) in [4.78, 5) is 40.0. The first-order valence-corrected chi connectivity index (χ1v) is 12.9. The summed E-state index contributed by atoms with van der Waals surface area (Å²) in [5.41, 5.74) is -1.06. The molecule has 2 bridgehead atoms. The van der Waals surface area contributed by atoms with E-state index >= 15 is 0 Å². The number of amides is 1. The maximum Gasteiger partial charge on any atom is 0.433 e. The summed E-state index contributed by atoms with van der Waals surface area (Å²) in [6.45, 7) is 5.42. The quantitative estimate of drug-likeness (QED) is 0.560. The van der Waals surface area contributed by atoms with Gasteiger partial charge in [-0.1, -0.05) is 0 Å². The van der Waals surface area contributed by atoms with E-state index in [4.69, 9.17) is 9.47 Å². The van der Waals surface area contributed by atoms with E-state index in [1.165, 1.54) is 0 Å². The van der Waals surface area contributed by atoms with E-state index in [-0.39, 0.29) is 23.8 Å². The van der Waals surface area contributed by atoms with Crippen LogP contribution in [-0.4, -0.2) is 94.8 Å². The zero-order valence-corrected chi connectivity index (χ0v) is 20.7. The summed E-state index contributed by atoms with van der Waals surface area (Å²) in [5.74, 6) is -0.406. The Hall–Kier alpha value is -2.73. The normalized spacial score (nSPS) is 28.5. The molecule has 0 aromatic carbocycles. The van der Waals surface area contributed by atoms with Crippen LogP contribution in [0.25, 0.3) is 0 Å². The summed E-state index contributed by atoms with van der Waals surface area (Å²) in [6.07, 6.45) is 0.136. The Bertz CT molecular complexity index is 1130. The fourth-order valence-corrected chi connectivity index (χ4v) is 6.76. The molecule has 6 rings (SSSR count). The van der Waals surface area contributed by atoms with Gasteiger partial charge in [0, 0.05) is 69.9 Å². The average molecular weight is 522 g/mol. The Morgan fingerprint density at radius 1 is 1.08 bits per heavy atom. The first-order chi connectivity index (χ1) is 17.7. The maximum absolute atomic E-state index is 13.9. The lowest BCUT2D eigenvalue weighted by atomic mass is 9.81. The fourth-order valence-electron chi connectivity index (χ4n) is 6.76. The van der Waals surface area contributed by atoms with Crippen molar-refractivity contribution in [2.24, 2.45) is 0 Å². The van der Waals surface area contributed by atoms with Crippen molar-refractivity contribution in [3.8, 4) is 0 Å². The molecule has 5 aliphatic rings. The molecule has 37 heavy (non-hydrogen) atoms. The number of aromatic nitrogens is 2. The van der Waals surface area contributed by atoms with Crippen LogP contribution in [0.1, 0.15) is 44.7 Å². The molecule has 0 saturated carbocycles. The predicted molar refractivity (Wildman–Crippen MR) is 124 cm³/mol. The van der Waals surface area contributed by atoms with Crippen molar-refractivity contribution in [1.29, 1.82) is 0 Å². The number of hydrogen-bond donors (Lipinski definition) is 0. The molecule has 200 valence electrons. The van der Waals surface area contributed by atoms with Gasteiger partial charge in [0.2, 0.25) is 0 Å². The number of carbonyl (C=O) groups excluding carboxylic acids is 2. The van der Waals surface area contributed by atoms with Gasteiger partial charge in [-0.15, -0.1) is 0 Å². The molecule has 1 amide bonds. The minimum atomic E-state index is -4.55. The number of esters is 1. The zero-order valence-electron chi connectivity index (χ0n) is 20.7. The van der Waals surface area contributed by atoms with Crippen molar-refractivity contribution < 1.29 is 32.2 Å². The molecule has 5 aliphatic heterocycles. The van der Waals surface area contributed by atoms with Gasteiger partial charge in [0.05, 0.1) is 17.7 Å². The second-order valence-corrected chi connectivity index (χ2v) is 10.7. The van der Waals surface area contributed by atoms with Crippen molar-refractivity contribution in [3.05, 3.63) is 29.2 Å². The molecule has 12 heteroatoms. The smallest absolute Gasteiger partial charge is 0.433 e. The topological polar surface area (TPSA) is 88.1 Å². The number of anilines is 1. The number of alkyl halides is 3. The van der Waals surface area contributed by atoms with Crippen LogP contribution in [0, 0.1) is 0 Å². The number of nitrogens with zero attached hydrogens (tertiary/aromatic N) is 5. The largest absolute Gasteiger partial charge is 0.450 e. The maximum atomic E-state index is 13.9. The number of ether oxygens (including phenoxy) is 2. The Labute approximate surface area is 212 Å². The standard InChI is InChI=1S/C25H30F3N5O4/c1-15-21(24(37-23(15)35)4-6-31(7-5-24)16-2-8-36-9-3-16)22(34)33-13-17-10-18(33)12-32(17)20-11-19(25(26,27)28)29-14-30-20/h11,14,16-18H,2-10,12-13H2,1H3/t17-,18-/m0/s1. The van der Waals surface area contributed by atoms with E-state index in [0.717, 1.165) is 51.5 Å². The molecule has 1 aromatic rings. The van der Waals surface area contributed by atoms with Gasteiger partial charge in [0.25, 0.3) is 5.91 Å². The van der Waals surface area contributed by atoms with E-state index in [0.29, 0.717) is 49.5 Å². The highest BCUT2D eigenvalue weighted by Gasteiger charge is 2.55. The van der Waals surface area contributed by atoms with Crippen LogP contribution < -0.4 is 4.90 Å². The van der Waals surface area contributed by atoms with E-state index < -0.39 is 23.4 Å². The van der Waals surface area contributed by atoms with Crippen molar-refractivity contribution in [1.82, 2.24) is 19.8 Å². The summed E-state index contributed by atoms with van der Waals surface area (Å²) in [6, 6.07) is 1.10. The molecule has 0 unspecified atom stereocenters. The fraction of sp³-hybridized carbons (Fsp3) is 0.680. The Morgan fingerprint density at radius 3 is 2.46 bits per heavy atom. The minimum absolute atomic E-state index is 0.143. The molecule has 6 heterocycles. The molecule has 4 fully saturated rings. The van der Waals surface area contributed by atoms with Crippen molar-refractivity contribution in [3.63, 3.8) is 0 Å². The summed E-state index contributed by atoms with van der Waals surface area (Å²) < 4.78 is 50.8. The first-order valence-electron chi connectivity index (χ1n) is 12.9. The highest BCUT2D eigenvalue weighted by molar-refractivity contribution is 6.07. The number of likely N-dealkylation sites (tertiary alicyclic amines) is 2. The van der Waals surface area contributed by atoms with Gasteiger partial charge in [-0.05, 0) is 26.2 Å². The van der Waals surface area contributed by atoms with Gasteiger partial charge < -0.3 is 19.3 Å². The Morgan fingerprint density at radius 2 is 1.81 bits per heavy atom. The van der Waals surface area contributed by atoms with E-state index in [1.54, 1.807) is 11.8 Å². The molecule has 0 aliphatic carbocycles. The number of piperidine rings is 1. The van der Waals surface area contributed by atoms with Crippen LogP contribution in [0.4, 0.5) is 19.0 Å². The van der Waals surface area contributed by atoms with Crippen LogP contribution in [0.3, 0.4) is 0 Å². The lowest BCUT2D eigenvalue weighted by molar-refractivity contribution is -0.152. The highest BCUT2D eigenvalue weighted by Crippen LogP contribution is 2.44. The van der Waals surface area contributed by atoms with Crippen molar-refractivity contribution in [2.45, 2.75) is 68.9 Å². The summed E-state index contributed by atoms with van der Waals surface area (Å²) >= 11 is 0. The van der Waals surface area contributed by atoms with Crippen LogP contribution in [0.15, 0.2) is 23.5 Å². The number of rotatable bonds is 3. The monoisotopic (exact) mass is 521 g/mol. The van der Waals surface area contributed by atoms with Gasteiger partial charge in [0.15, 0.2) is 0 Å². The molecule has 1 aromatic heterocycles. The number of carbonyl (C=O) groups is 2. The Balaban J connectivity index is 1.17. The molecule has 1 spiro atoms. The molecule has 2 atom stereocenters. The predicted octanol–water partition coefficient (Wildman–Crippen LogP) is 2.17. The first kappa shape index (κ1) is 24.6. The second-order valence-electron chi connectivity index (χ2n) is 10.7. The van der Waals surface area contributed by atoms with Gasteiger partial charge >= 0.3 is 12.1 Å². The van der Waals surface area contributed by atoms with Gasteiger partial charge in [-0.3, -0.25) is 9.69 Å². The number of fused-ring (bicyclic) bond motifs is 2. The van der Waals surface area contributed by atoms with Gasteiger partial charge in [0.1, 0.15) is 23.4 Å².